The third-order valence-electron chi connectivity index (χ3n) is 1.97. The van der Waals surface area contributed by atoms with Crippen molar-refractivity contribution in [2.45, 2.75) is 19.0 Å². The fourth-order valence-corrected chi connectivity index (χ4v) is 4.15. The van der Waals surface area contributed by atoms with Gasteiger partial charge in [0, 0.05) is 0 Å². The van der Waals surface area contributed by atoms with Crippen molar-refractivity contribution < 1.29 is 33.3 Å². The Morgan fingerprint density at radius 1 is 1.25 bits per heavy atom. The van der Waals surface area contributed by atoms with Crippen molar-refractivity contribution in [1.29, 1.82) is 0 Å². The summed E-state index contributed by atoms with van der Waals surface area (Å²) in [5, 5.41) is 0. The Hall–Kier alpha value is 0.310. The van der Waals surface area contributed by atoms with Crippen molar-refractivity contribution in [2.24, 2.45) is 5.92 Å². The summed E-state index contributed by atoms with van der Waals surface area (Å²) in [6.07, 6.45) is -0.761. The molecule has 0 aromatic carbocycles. The van der Waals surface area contributed by atoms with Gasteiger partial charge in [-0.1, -0.05) is 0 Å². The molecule has 0 aliphatic rings. The van der Waals surface area contributed by atoms with Crippen LogP contribution >= 0.6 is 23.1 Å². The van der Waals surface area contributed by atoms with Crippen molar-refractivity contribution in [3.8, 4) is 5.63 Å². The van der Waals surface area contributed by atoms with Crippen LogP contribution < -0.4 is 0 Å². The van der Waals surface area contributed by atoms with Gasteiger partial charge in [-0.05, 0) is 0 Å². The molecule has 0 radical (unpaired) electrons. The summed E-state index contributed by atoms with van der Waals surface area (Å²) >= 11 is 0. The zero-order valence-corrected chi connectivity index (χ0v) is 11.1. The molecule has 0 aliphatic carbocycles. The van der Waals surface area contributed by atoms with Crippen molar-refractivity contribution >= 4 is 23.1 Å². The molecule has 0 bridgehead atoms. The molecule has 94 valence electrons. The molecule has 4 N–H and O–H groups in total. The monoisotopic (exact) mass is 290 g/mol. The summed E-state index contributed by atoms with van der Waals surface area (Å²) in [5.41, 5.74) is 0.853. The van der Waals surface area contributed by atoms with Crippen LogP contribution in [0.4, 0.5) is 0 Å². The van der Waals surface area contributed by atoms with Crippen molar-refractivity contribution in [1.82, 2.24) is 0 Å². The first-order chi connectivity index (χ1) is 7.11. The van der Waals surface area contributed by atoms with E-state index in [0.29, 0.717) is 0 Å². The van der Waals surface area contributed by atoms with E-state index in [4.69, 9.17) is 19.6 Å². The Morgan fingerprint density at radius 2 is 1.75 bits per heavy atom. The van der Waals surface area contributed by atoms with Crippen LogP contribution in [0.5, 0.6) is 0 Å². The molecule has 0 fully saturated rings. The van der Waals surface area contributed by atoms with Gasteiger partial charge < -0.3 is 0 Å². The van der Waals surface area contributed by atoms with E-state index in [1.807, 2.05) is 0 Å². The van der Waals surface area contributed by atoms with Gasteiger partial charge in [-0.15, -0.1) is 0 Å². The van der Waals surface area contributed by atoms with Gasteiger partial charge in [0.1, 0.15) is 0 Å². The Balaban J connectivity index is 5.16. The number of hydrogen-bond acceptors (Lipinski definition) is 3. The SMILES string of the molecule is CCC(C(C#P=O)CP(=O)(O)O)P(=O)(O)O. The number of rotatable bonds is 5. The molecule has 0 aliphatic heterocycles. The van der Waals surface area contributed by atoms with Crippen molar-refractivity contribution in [2.75, 3.05) is 6.16 Å². The minimum atomic E-state index is -4.50. The van der Waals surface area contributed by atoms with E-state index in [1.54, 1.807) is 0 Å². The van der Waals surface area contributed by atoms with E-state index < -0.39 is 40.8 Å². The Morgan fingerprint density at radius 3 is 2.00 bits per heavy atom. The van der Waals surface area contributed by atoms with Crippen LogP contribution in [0.3, 0.4) is 0 Å². The second-order valence-electron chi connectivity index (χ2n) is 3.24. The van der Waals surface area contributed by atoms with Gasteiger partial charge in [0.05, 0.1) is 0 Å². The molecule has 2 atom stereocenters. The molecule has 0 spiro atoms. The van der Waals surface area contributed by atoms with Crippen molar-refractivity contribution in [3.63, 3.8) is 0 Å². The van der Waals surface area contributed by atoms with Crippen LogP contribution in [-0.4, -0.2) is 31.4 Å². The summed E-state index contributed by atoms with van der Waals surface area (Å²) < 4.78 is 32.1. The first-order valence-electron chi connectivity index (χ1n) is 4.29. The average Bonchev–Trinajstić information content (AvgIpc) is 1.99. The Labute approximate surface area is 93.7 Å². The van der Waals surface area contributed by atoms with Gasteiger partial charge >= 0.3 is 93.1 Å². The quantitative estimate of drug-likeness (QED) is 0.555. The molecular formula is C6H13O7P3. The second-order valence-corrected chi connectivity index (χ2v) is 7.22. The van der Waals surface area contributed by atoms with Crippen LogP contribution in [0, 0.1) is 11.5 Å². The Kier molecular flexibility index (Phi) is 6.42. The first-order valence-corrected chi connectivity index (χ1v) is 8.58. The molecule has 0 amide bonds. The predicted octanol–water partition coefficient (Wildman–Crippen LogP) is 0.987. The van der Waals surface area contributed by atoms with Crippen LogP contribution in [0.15, 0.2) is 0 Å². The molecule has 10 heteroatoms. The molecule has 16 heavy (non-hydrogen) atoms. The molecule has 7 nitrogen and oxygen atoms in total. The first kappa shape index (κ1) is 16.3. The van der Waals surface area contributed by atoms with Gasteiger partial charge in [-0.3, -0.25) is 0 Å². The van der Waals surface area contributed by atoms with Gasteiger partial charge in [0.25, 0.3) is 0 Å². The summed E-state index contributed by atoms with van der Waals surface area (Å²) in [5.74, 6) is -1.20. The van der Waals surface area contributed by atoms with Gasteiger partial charge in [0.15, 0.2) is 0 Å². The van der Waals surface area contributed by atoms with E-state index in [9.17, 15) is 13.7 Å². The van der Waals surface area contributed by atoms with E-state index >= 15 is 0 Å². The third-order valence-corrected chi connectivity index (χ3v) is 4.86. The fourth-order valence-electron chi connectivity index (χ4n) is 1.33. The van der Waals surface area contributed by atoms with Gasteiger partial charge in [-0.25, -0.2) is 0 Å². The van der Waals surface area contributed by atoms with E-state index in [-0.39, 0.29) is 6.42 Å². The van der Waals surface area contributed by atoms with Crippen molar-refractivity contribution in [3.05, 3.63) is 0 Å². The predicted molar refractivity (Wildman–Crippen MR) is 58.0 cm³/mol. The molecule has 0 heterocycles. The van der Waals surface area contributed by atoms with Crippen LogP contribution in [-0.2, 0) is 13.7 Å². The number of hydrogen-bond donors (Lipinski definition) is 4. The normalized spacial score (nSPS) is 16.3. The third kappa shape index (κ3) is 6.15. The minimum absolute atomic E-state index is 0.0114. The second kappa shape index (κ2) is 6.30. The van der Waals surface area contributed by atoms with E-state index in [1.165, 1.54) is 6.92 Å². The molecule has 0 saturated heterocycles. The molecule has 0 rings (SSSR count). The maximum atomic E-state index is 11.1. The topological polar surface area (TPSA) is 132 Å². The fraction of sp³-hybridized carbons (Fsp3) is 0.833. The Bertz CT molecular complexity index is 414. The molecule has 0 aromatic rings. The van der Waals surface area contributed by atoms with Crippen LogP contribution in [0.2, 0.25) is 0 Å². The molecule has 0 saturated carbocycles. The average molecular weight is 290 g/mol. The van der Waals surface area contributed by atoms with E-state index in [0.717, 1.165) is 0 Å². The summed E-state index contributed by atoms with van der Waals surface area (Å²) in [4.78, 5) is 35.4. The van der Waals surface area contributed by atoms with Gasteiger partial charge in [0.2, 0.25) is 0 Å². The van der Waals surface area contributed by atoms with Crippen LogP contribution in [0.25, 0.3) is 0 Å². The van der Waals surface area contributed by atoms with E-state index in [2.05, 4.69) is 5.63 Å². The summed E-state index contributed by atoms with van der Waals surface area (Å²) in [6, 6.07) is 0. The summed E-state index contributed by atoms with van der Waals surface area (Å²) in [6.45, 7) is 1.47. The molecule has 2 unspecified atom stereocenters. The van der Waals surface area contributed by atoms with Crippen LogP contribution in [0.1, 0.15) is 13.3 Å². The standard InChI is InChI=1S/C6H13O7P3/c1-2-6(16(11,12)13)5(3-14-7)4-15(8,9)10/h5-6H,2,4H2,1H3,(H2,8,9,10)(H2,11,12,13). The molecular weight excluding hydrogens is 277 g/mol. The van der Waals surface area contributed by atoms with Gasteiger partial charge in [-0.2, -0.15) is 0 Å². The maximum absolute atomic E-state index is 11.1. The zero-order chi connectivity index (χ0) is 13.0. The summed E-state index contributed by atoms with van der Waals surface area (Å²) in [7, 11) is -9.57. The zero-order valence-electron chi connectivity index (χ0n) is 8.42. The molecule has 0 aromatic heterocycles.